The lowest BCUT2D eigenvalue weighted by Crippen LogP contribution is -2.38. The molecular weight excluding hydrogens is 224 g/mol. The van der Waals surface area contributed by atoms with E-state index in [0.717, 1.165) is 6.42 Å². The number of hydrogen-bond donors (Lipinski definition) is 1. The third-order valence-electron chi connectivity index (χ3n) is 3.24. The number of aryl methyl sites for hydroxylation is 1. The molecule has 1 amide bonds. The molecule has 0 saturated carbocycles. The van der Waals surface area contributed by atoms with E-state index in [-0.39, 0.29) is 11.9 Å². The molecule has 18 heavy (non-hydrogen) atoms. The van der Waals surface area contributed by atoms with Crippen LogP contribution in [0.1, 0.15) is 37.8 Å². The fourth-order valence-corrected chi connectivity index (χ4v) is 1.98. The Labute approximate surface area is 110 Å². The summed E-state index contributed by atoms with van der Waals surface area (Å²) in [6, 6.07) is 8.55. The predicted molar refractivity (Wildman–Crippen MR) is 75.2 cm³/mol. The van der Waals surface area contributed by atoms with E-state index in [0.29, 0.717) is 19.5 Å². The second-order valence-electron chi connectivity index (χ2n) is 4.81. The number of carbonyl (C=O) groups excluding carboxylic acids is 1. The third kappa shape index (κ3) is 4.15. The van der Waals surface area contributed by atoms with E-state index < -0.39 is 0 Å². The van der Waals surface area contributed by atoms with E-state index in [2.05, 4.69) is 39.0 Å². The van der Waals surface area contributed by atoms with E-state index in [9.17, 15) is 4.79 Å². The van der Waals surface area contributed by atoms with Crippen molar-refractivity contribution in [3.8, 4) is 0 Å². The van der Waals surface area contributed by atoms with Crippen molar-refractivity contribution in [1.29, 1.82) is 0 Å². The maximum absolute atomic E-state index is 12.1. The lowest BCUT2D eigenvalue weighted by Gasteiger charge is -2.29. The van der Waals surface area contributed by atoms with Crippen molar-refractivity contribution < 1.29 is 4.79 Å². The van der Waals surface area contributed by atoms with Gasteiger partial charge in [-0.1, -0.05) is 36.8 Å². The molecule has 0 aliphatic rings. The Bertz CT molecular complexity index is 390. The molecule has 100 valence electrons. The molecule has 0 aliphatic carbocycles. The first kappa shape index (κ1) is 14.7. The first-order chi connectivity index (χ1) is 8.58. The lowest BCUT2D eigenvalue weighted by molar-refractivity contribution is -0.133. The van der Waals surface area contributed by atoms with Gasteiger partial charge in [0.15, 0.2) is 0 Å². The minimum atomic E-state index is 0.147. The van der Waals surface area contributed by atoms with Crippen LogP contribution in [-0.4, -0.2) is 23.4 Å². The van der Waals surface area contributed by atoms with Gasteiger partial charge in [0.2, 0.25) is 5.91 Å². The minimum absolute atomic E-state index is 0.147. The SMILES string of the molecule is CCC(C)N(Cc1cccc(C)c1)C(=O)CCN. The van der Waals surface area contributed by atoms with Crippen LogP contribution < -0.4 is 5.73 Å². The molecule has 1 atom stereocenters. The molecule has 1 aromatic rings. The van der Waals surface area contributed by atoms with Crippen LogP contribution >= 0.6 is 0 Å². The highest BCUT2D eigenvalue weighted by atomic mass is 16.2. The summed E-state index contributed by atoms with van der Waals surface area (Å²) in [7, 11) is 0. The zero-order valence-electron chi connectivity index (χ0n) is 11.6. The van der Waals surface area contributed by atoms with Crippen LogP contribution in [0.4, 0.5) is 0 Å². The number of carbonyl (C=O) groups is 1. The minimum Gasteiger partial charge on any atom is -0.336 e. The van der Waals surface area contributed by atoms with Crippen LogP contribution in [0.2, 0.25) is 0 Å². The fourth-order valence-electron chi connectivity index (χ4n) is 1.98. The topological polar surface area (TPSA) is 46.3 Å². The van der Waals surface area contributed by atoms with Crippen molar-refractivity contribution in [3.63, 3.8) is 0 Å². The Hall–Kier alpha value is -1.35. The molecule has 3 nitrogen and oxygen atoms in total. The Morgan fingerprint density at radius 2 is 2.17 bits per heavy atom. The average Bonchev–Trinajstić information content (AvgIpc) is 2.35. The van der Waals surface area contributed by atoms with E-state index in [1.807, 2.05) is 11.0 Å². The molecule has 2 N–H and O–H groups in total. The number of amides is 1. The summed E-state index contributed by atoms with van der Waals surface area (Å²) in [6.07, 6.45) is 1.39. The second kappa shape index (κ2) is 7.17. The summed E-state index contributed by atoms with van der Waals surface area (Å²) >= 11 is 0. The van der Waals surface area contributed by atoms with Gasteiger partial charge in [0, 0.05) is 25.6 Å². The quantitative estimate of drug-likeness (QED) is 0.840. The summed E-state index contributed by atoms with van der Waals surface area (Å²) < 4.78 is 0. The van der Waals surface area contributed by atoms with Gasteiger partial charge in [-0.05, 0) is 25.8 Å². The van der Waals surface area contributed by atoms with Crippen molar-refractivity contribution in [2.24, 2.45) is 5.73 Å². The molecule has 0 radical (unpaired) electrons. The molecule has 0 bridgehead atoms. The highest BCUT2D eigenvalue weighted by molar-refractivity contribution is 5.76. The maximum Gasteiger partial charge on any atom is 0.224 e. The molecule has 3 heteroatoms. The van der Waals surface area contributed by atoms with Gasteiger partial charge in [-0.15, -0.1) is 0 Å². The van der Waals surface area contributed by atoms with Gasteiger partial charge >= 0.3 is 0 Å². The first-order valence-electron chi connectivity index (χ1n) is 6.63. The van der Waals surface area contributed by atoms with Crippen LogP contribution in [0.3, 0.4) is 0 Å². The smallest absolute Gasteiger partial charge is 0.224 e. The maximum atomic E-state index is 12.1. The molecule has 0 saturated heterocycles. The molecule has 0 spiro atoms. The number of nitrogens with two attached hydrogens (primary N) is 1. The van der Waals surface area contributed by atoms with Crippen molar-refractivity contribution in [3.05, 3.63) is 35.4 Å². The summed E-state index contributed by atoms with van der Waals surface area (Å²) in [6.45, 7) is 7.35. The van der Waals surface area contributed by atoms with Crippen molar-refractivity contribution in [1.82, 2.24) is 4.90 Å². The molecule has 1 rings (SSSR count). The molecule has 1 aromatic carbocycles. The monoisotopic (exact) mass is 248 g/mol. The molecule has 0 aliphatic heterocycles. The zero-order chi connectivity index (χ0) is 13.5. The third-order valence-corrected chi connectivity index (χ3v) is 3.24. The molecule has 0 heterocycles. The van der Waals surface area contributed by atoms with E-state index in [1.54, 1.807) is 0 Å². The fraction of sp³-hybridized carbons (Fsp3) is 0.533. The number of hydrogen-bond acceptors (Lipinski definition) is 2. The predicted octanol–water partition coefficient (Wildman–Crippen LogP) is 2.47. The van der Waals surface area contributed by atoms with Crippen molar-refractivity contribution in [2.45, 2.75) is 46.2 Å². The van der Waals surface area contributed by atoms with Gasteiger partial charge < -0.3 is 10.6 Å². The summed E-state index contributed by atoms with van der Waals surface area (Å²) in [4.78, 5) is 14.0. The van der Waals surface area contributed by atoms with Gasteiger partial charge in [0.25, 0.3) is 0 Å². The summed E-state index contributed by atoms with van der Waals surface area (Å²) in [5.41, 5.74) is 7.88. The van der Waals surface area contributed by atoms with Crippen molar-refractivity contribution in [2.75, 3.05) is 6.54 Å². The van der Waals surface area contributed by atoms with E-state index in [4.69, 9.17) is 5.73 Å². The summed E-state index contributed by atoms with van der Waals surface area (Å²) in [5.74, 6) is 0.147. The molecule has 0 fully saturated rings. The van der Waals surface area contributed by atoms with Crippen LogP contribution in [0.25, 0.3) is 0 Å². The van der Waals surface area contributed by atoms with E-state index in [1.165, 1.54) is 11.1 Å². The largest absolute Gasteiger partial charge is 0.336 e. The number of rotatable bonds is 6. The van der Waals surface area contributed by atoms with Crippen LogP contribution in [0, 0.1) is 6.92 Å². The standard InChI is InChI=1S/C15H24N2O/c1-4-13(3)17(15(18)8-9-16)11-14-7-5-6-12(2)10-14/h5-7,10,13H,4,8-9,11,16H2,1-3H3. The molecule has 1 unspecified atom stereocenters. The normalized spacial score (nSPS) is 12.2. The van der Waals surface area contributed by atoms with Gasteiger partial charge in [0.05, 0.1) is 0 Å². The first-order valence-corrected chi connectivity index (χ1v) is 6.63. The van der Waals surface area contributed by atoms with Crippen LogP contribution in [-0.2, 0) is 11.3 Å². The molecular formula is C15H24N2O. The Morgan fingerprint density at radius 1 is 1.44 bits per heavy atom. The van der Waals surface area contributed by atoms with Gasteiger partial charge in [-0.25, -0.2) is 0 Å². The Morgan fingerprint density at radius 3 is 2.72 bits per heavy atom. The van der Waals surface area contributed by atoms with Gasteiger partial charge in [-0.2, -0.15) is 0 Å². The second-order valence-corrected chi connectivity index (χ2v) is 4.81. The lowest BCUT2D eigenvalue weighted by atomic mass is 10.1. The van der Waals surface area contributed by atoms with Crippen LogP contribution in [0.5, 0.6) is 0 Å². The highest BCUT2D eigenvalue weighted by Crippen LogP contribution is 2.13. The number of nitrogens with zero attached hydrogens (tertiary/aromatic N) is 1. The van der Waals surface area contributed by atoms with Gasteiger partial charge in [-0.3, -0.25) is 4.79 Å². The number of benzene rings is 1. The highest BCUT2D eigenvalue weighted by Gasteiger charge is 2.18. The van der Waals surface area contributed by atoms with Gasteiger partial charge in [0.1, 0.15) is 0 Å². The Kier molecular flexibility index (Phi) is 5.86. The summed E-state index contributed by atoms with van der Waals surface area (Å²) in [5, 5.41) is 0. The molecule has 0 aromatic heterocycles. The average molecular weight is 248 g/mol. The van der Waals surface area contributed by atoms with Crippen molar-refractivity contribution >= 4 is 5.91 Å². The zero-order valence-corrected chi connectivity index (χ0v) is 11.6. The van der Waals surface area contributed by atoms with E-state index >= 15 is 0 Å². The van der Waals surface area contributed by atoms with Crippen LogP contribution in [0.15, 0.2) is 24.3 Å². The Balaban J connectivity index is 2.81.